The van der Waals surface area contributed by atoms with Crippen LogP contribution in [0.2, 0.25) is 0 Å². The van der Waals surface area contributed by atoms with Crippen molar-refractivity contribution in [3.05, 3.63) is 35.4 Å². The number of hydrogen-bond donors (Lipinski definition) is 2. The zero-order valence-corrected chi connectivity index (χ0v) is 12.1. The topological polar surface area (TPSA) is 72.5 Å². The molecule has 0 bridgehead atoms. The summed E-state index contributed by atoms with van der Waals surface area (Å²) in [7, 11) is 1.97. The molecule has 0 saturated carbocycles. The van der Waals surface area contributed by atoms with Crippen molar-refractivity contribution in [1.29, 1.82) is 0 Å². The molecule has 5 heteroatoms. The first-order valence-electron chi connectivity index (χ1n) is 6.79. The highest BCUT2D eigenvalue weighted by molar-refractivity contribution is 5.83. The van der Waals surface area contributed by atoms with E-state index in [1.54, 1.807) is 0 Å². The van der Waals surface area contributed by atoms with E-state index in [9.17, 15) is 0 Å². The number of nitrogens with one attached hydrogen (secondary N) is 1. The van der Waals surface area contributed by atoms with Gasteiger partial charge in [-0.05, 0) is 38.1 Å². The summed E-state index contributed by atoms with van der Waals surface area (Å²) >= 11 is 0. The molecule has 2 heterocycles. The first-order valence-corrected chi connectivity index (χ1v) is 6.79. The Kier molecular flexibility index (Phi) is 3.06. The van der Waals surface area contributed by atoms with Gasteiger partial charge in [0.05, 0.1) is 16.7 Å². The van der Waals surface area contributed by atoms with Crippen LogP contribution in [0.25, 0.3) is 22.2 Å². The fourth-order valence-electron chi connectivity index (χ4n) is 2.80. The number of nitrogens with two attached hydrogens (primary N) is 1. The maximum Gasteiger partial charge on any atom is 0.104 e. The van der Waals surface area contributed by atoms with Gasteiger partial charge in [0.2, 0.25) is 0 Å². The second kappa shape index (κ2) is 4.76. The van der Waals surface area contributed by atoms with Gasteiger partial charge in [0, 0.05) is 24.7 Å². The third kappa shape index (κ3) is 2.00. The van der Waals surface area contributed by atoms with Crippen molar-refractivity contribution in [1.82, 2.24) is 19.7 Å². The Bertz CT molecular complexity index is 766. The minimum Gasteiger partial charge on any atom is -0.342 e. The zero-order valence-electron chi connectivity index (χ0n) is 12.1. The lowest BCUT2D eigenvalue weighted by molar-refractivity contribution is 0.701. The molecule has 3 N–H and O–H groups in total. The van der Waals surface area contributed by atoms with Gasteiger partial charge in [-0.3, -0.25) is 4.68 Å². The molecule has 1 aromatic carbocycles. The number of aromatic nitrogens is 4. The summed E-state index contributed by atoms with van der Waals surface area (Å²) in [5.41, 5.74) is 12.3. The van der Waals surface area contributed by atoms with Gasteiger partial charge < -0.3 is 10.7 Å². The fourth-order valence-corrected chi connectivity index (χ4v) is 2.80. The number of benzene rings is 1. The lowest BCUT2D eigenvalue weighted by Crippen LogP contribution is -2.08. The molecule has 0 aliphatic rings. The summed E-state index contributed by atoms with van der Waals surface area (Å²) in [6.45, 7) is 4.63. The summed E-state index contributed by atoms with van der Waals surface area (Å²) < 4.78 is 1.93. The van der Waals surface area contributed by atoms with E-state index in [0.29, 0.717) is 6.54 Å². The van der Waals surface area contributed by atoms with Crippen molar-refractivity contribution < 1.29 is 0 Å². The molecule has 104 valence electrons. The van der Waals surface area contributed by atoms with Crippen LogP contribution in [0.3, 0.4) is 0 Å². The van der Waals surface area contributed by atoms with Crippen LogP contribution in [-0.2, 0) is 13.5 Å². The van der Waals surface area contributed by atoms with E-state index in [-0.39, 0.29) is 0 Å². The molecule has 0 amide bonds. The molecule has 3 aromatic rings. The summed E-state index contributed by atoms with van der Waals surface area (Å²) in [5.74, 6) is 0.933. The van der Waals surface area contributed by atoms with E-state index in [1.807, 2.05) is 31.6 Å². The Morgan fingerprint density at radius 3 is 2.85 bits per heavy atom. The highest BCUT2D eigenvalue weighted by Crippen LogP contribution is 2.29. The number of hydrogen-bond acceptors (Lipinski definition) is 3. The van der Waals surface area contributed by atoms with Crippen molar-refractivity contribution in [3.8, 4) is 11.1 Å². The minimum absolute atomic E-state index is 0.622. The number of rotatable bonds is 3. The number of imidazole rings is 1. The van der Waals surface area contributed by atoms with Gasteiger partial charge in [-0.15, -0.1) is 0 Å². The van der Waals surface area contributed by atoms with Crippen LogP contribution in [0.5, 0.6) is 0 Å². The predicted molar refractivity (Wildman–Crippen MR) is 80.5 cm³/mol. The van der Waals surface area contributed by atoms with Gasteiger partial charge >= 0.3 is 0 Å². The first-order chi connectivity index (χ1) is 9.60. The van der Waals surface area contributed by atoms with E-state index in [1.165, 1.54) is 11.3 Å². The molecule has 20 heavy (non-hydrogen) atoms. The molecular weight excluding hydrogens is 250 g/mol. The van der Waals surface area contributed by atoms with Gasteiger partial charge in [-0.1, -0.05) is 6.07 Å². The van der Waals surface area contributed by atoms with Crippen LogP contribution in [-0.4, -0.2) is 26.3 Å². The van der Waals surface area contributed by atoms with E-state index in [4.69, 9.17) is 5.73 Å². The first kappa shape index (κ1) is 12.9. The van der Waals surface area contributed by atoms with E-state index in [0.717, 1.165) is 34.5 Å². The summed E-state index contributed by atoms with van der Waals surface area (Å²) in [5, 5.41) is 4.53. The average Bonchev–Trinajstić information content (AvgIpc) is 2.89. The molecule has 0 aliphatic heterocycles. The third-order valence-corrected chi connectivity index (χ3v) is 3.61. The number of aromatic amines is 1. The molecule has 3 rings (SSSR count). The minimum atomic E-state index is 0.622. The smallest absolute Gasteiger partial charge is 0.104 e. The Labute approximate surface area is 117 Å². The van der Waals surface area contributed by atoms with Gasteiger partial charge in [0.15, 0.2) is 0 Å². The van der Waals surface area contributed by atoms with E-state index >= 15 is 0 Å². The van der Waals surface area contributed by atoms with Gasteiger partial charge in [-0.2, -0.15) is 5.10 Å². The molecule has 0 saturated heterocycles. The lowest BCUT2D eigenvalue weighted by Gasteiger charge is -2.06. The normalized spacial score (nSPS) is 11.4. The third-order valence-electron chi connectivity index (χ3n) is 3.61. The Hall–Kier alpha value is -2.14. The average molecular weight is 269 g/mol. The summed E-state index contributed by atoms with van der Waals surface area (Å²) in [6, 6.07) is 6.29. The van der Waals surface area contributed by atoms with Crippen LogP contribution in [0.4, 0.5) is 0 Å². The van der Waals surface area contributed by atoms with Crippen molar-refractivity contribution in [3.63, 3.8) is 0 Å². The Balaban J connectivity index is 2.19. The fraction of sp³-hybridized carbons (Fsp3) is 0.333. The molecular formula is C15H19N5. The van der Waals surface area contributed by atoms with Gasteiger partial charge in [0.25, 0.3) is 0 Å². The Morgan fingerprint density at radius 1 is 1.30 bits per heavy atom. The zero-order chi connectivity index (χ0) is 14.3. The van der Waals surface area contributed by atoms with Crippen LogP contribution in [0.1, 0.15) is 17.2 Å². The highest BCUT2D eigenvalue weighted by atomic mass is 15.3. The van der Waals surface area contributed by atoms with Crippen LogP contribution < -0.4 is 5.73 Å². The lowest BCUT2D eigenvalue weighted by atomic mass is 10.0. The maximum absolute atomic E-state index is 5.72. The standard InChI is InChI=1S/C15H19N5/c1-9-15(14(6-7-16)20(3)19-9)11-4-5-12-13(8-11)18-10(2)17-12/h4-5,8H,6-7,16H2,1-3H3,(H,17,18). The van der Waals surface area contributed by atoms with E-state index < -0.39 is 0 Å². The summed E-state index contributed by atoms with van der Waals surface area (Å²) in [6.07, 6.45) is 0.826. The molecule has 2 aromatic heterocycles. The van der Waals surface area contributed by atoms with Crippen molar-refractivity contribution in [2.75, 3.05) is 6.54 Å². The summed E-state index contributed by atoms with van der Waals surface area (Å²) in [4.78, 5) is 7.72. The molecule has 0 unspecified atom stereocenters. The largest absolute Gasteiger partial charge is 0.342 e. The molecule has 0 spiro atoms. The number of fused-ring (bicyclic) bond motifs is 1. The molecule has 0 fully saturated rings. The number of aryl methyl sites for hydroxylation is 3. The monoisotopic (exact) mass is 269 g/mol. The number of nitrogens with zero attached hydrogens (tertiary/aromatic N) is 3. The SMILES string of the molecule is Cc1nc2ccc(-c3c(C)nn(C)c3CCN)cc2[nH]1. The highest BCUT2D eigenvalue weighted by Gasteiger charge is 2.15. The van der Waals surface area contributed by atoms with Gasteiger partial charge in [-0.25, -0.2) is 4.98 Å². The second-order valence-electron chi connectivity index (χ2n) is 5.12. The van der Waals surface area contributed by atoms with Crippen LogP contribution >= 0.6 is 0 Å². The molecule has 0 radical (unpaired) electrons. The quantitative estimate of drug-likeness (QED) is 0.764. The van der Waals surface area contributed by atoms with Gasteiger partial charge in [0.1, 0.15) is 5.82 Å². The molecule has 0 atom stereocenters. The molecule has 0 aliphatic carbocycles. The van der Waals surface area contributed by atoms with Crippen molar-refractivity contribution in [2.24, 2.45) is 12.8 Å². The van der Waals surface area contributed by atoms with Crippen molar-refractivity contribution >= 4 is 11.0 Å². The second-order valence-corrected chi connectivity index (χ2v) is 5.12. The predicted octanol–water partition coefficient (Wildman–Crippen LogP) is 2.08. The van der Waals surface area contributed by atoms with Crippen LogP contribution in [0, 0.1) is 13.8 Å². The molecule has 5 nitrogen and oxygen atoms in total. The Morgan fingerprint density at radius 2 is 2.10 bits per heavy atom. The van der Waals surface area contributed by atoms with Crippen LogP contribution in [0.15, 0.2) is 18.2 Å². The number of H-pyrrole nitrogens is 1. The maximum atomic E-state index is 5.72. The van der Waals surface area contributed by atoms with E-state index in [2.05, 4.69) is 27.2 Å². The van der Waals surface area contributed by atoms with Crippen molar-refractivity contribution in [2.45, 2.75) is 20.3 Å².